The Kier molecular flexibility index (Phi) is 5.26. The van der Waals surface area contributed by atoms with Gasteiger partial charge in [0.25, 0.3) is 0 Å². The lowest BCUT2D eigenvalue weighted by atomic mass is 9.97. The monoisotopic (exact) mass is 409 g/mol. The second-order valence-corrected chi connectivity index (χ2v) is 8.32. The van der Waals surface area contributed by atoms with Crippen LogP contribution in [0.5, 0.6) is 0 Å². The maximum atomic E-state index is 6.11. The van der Waals surface area contributed by atoms with E-state index in [-0.39, 0.29) is 6.04 Å². The molecule has 1 unspecified atom stereocenters. The lowest BCUT2D eigenvalue weighted by Crippen LogP contribution is -2.21. The minimum atomic E-state index is 0.0605. The van der Waals surface area contributed by atoms with Crippen molar-refractivity contribution in [1.82, 2.24) is 25.1 Å². The average molecular weight is 410 g/mol. The molecule has 0 amide bonds. The zero-order valence-corrected chi connectivity index (χ0v) is 17.4. The Morgan fingerprint density at radius 3 is 2.54 bits per heavy atom. The van der Waals surface area contributed by atoms with Crippen molar-refractivity contribution >= 4 is 22.9 Å². The maximum absolute atomic E-state index is 6.11. The highest BCUT2D eigenvalue weighted by Crippen LogP contribution is 2.43. The van der Waals surface area contributed by atoms with Gasteiger partial charge in [-0.05, 0) is 68.0 Å². The van der Waals surface area contributed by atoms with E-state index in [9.17, 15) is 0 Å². The molecule has 3 heterocycles. The second kappa shape index (κ2) is 7.83. The molecule has 7 heteroatoms. The predicted octanol–water partition coefficient (Wildman–Crippen LogP) is 5.21. The molecule has 1 atom stereocenters. The molecule has 4 rings (SSSR count). The van der Waals surface area contributed by atoms with E-state index < -0.39 is 0 Å². The van der Waals surface area contributed by atoms with Gasteiger partial charge in [-0.3, -0.25) is 9.88 Å². The Hall–Kier alpha value is -2.54. The van der Waals surface area contributed by atoms with Crippen molar-refractivity contribution in [2.24, 2.45) is 0 Å². The minimum Gasteiger partial charge on any atom is -0.327 e. The van der Waals surface area contributed by atoms with Crippen LogP contribution in [0.15, 0.2) is 55.0 Å². The minimum absolute atomic E-state index is 0.0605. The van der Waals surface area contributed by atoms with Gasteiger partial charge in [-0.15, -0.1) is 21.5 Å². The van der Waals surface area contributed by atoms with Crippen LogP contribution in [-0.2, 0) is 0 Å². The van der Waals surface area contributed by atoms with E-state index in [0.29, 0.717) is 0 Å². The van der Waals surface area contributed by atoms with E-state index in [0.717, 1.165) is 27.0 Å². The van der Waals surface area contributed by atoms with E-state index in [4.69, 9.17) is 11.6 Å². The zero-order chi connectivity index (χ0) is 19.7. The number of hydrogen-bond donors (Lipinski definition) is 1. The molecule has 1 aromatic carbocycles. The molecule has 4 aromatic rings. The van der Waals surface area contributed by atoms with Crippen LogP contribution in [0.25, 0.3) is 21.1 Å². The molecule has 0 bridgehead atoms. The number of H-pyrrole nitrogens is 1. The fourth-order valence-corrected chi connectivity index (χ4v) is 4.61. The Labute approximate surface area is 173 Å². The summed E-state index contributed by atoms with van der Waals surface area (Å²) in [5, 5.41) is 8.99. The molecule has 28 heavy (non-hydrogen) atoms. The highest BCUT2D eigenvalue weighted by Gasteiger charge is 2.25. The van der Waals surface area contributed by atoms with Gasteiger partial charge < -0.3 is 4.98 Å². The summed E-state index contributed by atoms with van der Waals surface area (Å²) >= 11 is 7.82. The first-order valence-electron chi connectivity index (χ1n) is 8.88. The molecule has 0 fully saturated rings. The smallest absolute Gasteiger partial charge is 0.171 e. The highest BCUT2D eigenvalue weighted by atomic mass is 35.5. The summed E-state index contributed by atoms with van der Waals surface area (Å²) in [4.78, 5) is 11.9. The van der Waals surface area contributed by atoms with Crippen LogP contribution in [-0.4, -0.2) is 39.2 Å². The molecule has 142 valence electrons. The molecule has 0 saturated heterocycles. The largest absolute Gasteiger partial charge is 0.327 e. The third-order valence-electron chi connectivity index (χ3n) is 4.57. The van der Waals surface area contributed by atoms with Crippen LogP contribution < -0.4 is 0 Å². The SMILES string of the molecule is Cc1cc(-c2cc(C(c3ccc(Cl)cc3)N(C)C)c(-c3nnc[nH]3)s2)ccn1. The van der Waals surface area contributed by atoms with Crippen molar-refractivity contribution < 1.29 is 0 Å². The molecule has 0 spiro atoms. The second-order valence-electron chi connectivity index (χ2n) is 6.84. The maximum Gasteiger partial charge on any atom is 0.171 e. The molecular weight excluding hydrogens is 390 g/mol. The lowest BCUT2D eigenvalue weighted by molar-refractivity contribution is 0.343. The molecular formula is C21H20ClN5S. The number of thiophene rings is 1. The van der Waals surface area contributed by atoms with Crippen molar-refractivity contribution in [3.8, 4) is 21.1 Å². The third kappa shape index (κ3) is 3.71. The van der Waals surface area contributed by atoms with E-state index >= 15 is 0 Å². The van der Waals surface area contributed by atoms with Crippen LogP contribution in [0.2, 0.25) is 5.02 Å². The Balaban J connectivity index is 1.89. The molecule has 0 aliphatic carbocycles. The van der Waals surface area contributed by atoms with Crippen molar-refractivity contribution in [2.75, 3.05) is 14.1 Å². The fraction of sp³-hybridized carbons (Fsp3) is 0.190. The number of nitrogens with zero attached hydrogens (tertiary/aromatic N) is 4. The number of nitrogens with one attached hydrogen (secondary N) is 1. The van der Waals surface area contributed by atoms with Gasteiger partial charge in [0.05, 0.1) is 10.9 Å². The van der Waals surface area contributed by atoms with Crippen molar-refractivity contribution in [3.63, 3.8) is 0 Å². The van der Waals surface area contributed by atoms with Crippen molar-refractivity contribution in [2.45, 2.75) is 13.0 Å². The molecule has 3 aromatic heterocycles. The number of aromatic amines is 1. The van der Waals surface area contributed by atoms with Gasteiger partial charge >= 0.3 is 0 Å². The van der Waals surface area contributed by atoms with Crippen LogP contribution in [0.3, 0.4) is 0 Å². The van der Waals surface area contributed by atoms with Gasteiger partial charge in [-0.25, -0.2) is 0 Å². The van der Waals surface area contributed by atoms with Crippen LogP contribution in [0.4, 0.5) is 0 Å². The van der Waals surface area contributed by atoms with E-state index in [1.165, 1.54) is 16.0 Å². The number of hydrogen-bond acceptors (Lipinski definition) is 5. The van der Waals surface area contributed by atoms with Gasteiger partial charge in [0.15, 0.2) is 5.82 Å². The van der Waals surface area contributed by atoms with Gasteiger partial charge in [-0.2, -0.15) is 0 Å². The van der Waals surface area contributed by atoms with Gasteiger partial charge in [0, 0.05) is 21.8 Å². The summed E-state index contributed by atoms with van der Waals surface area (Å²) in [7, 11) is 4.16. The summed E-state index contributed by atoms with van der Waals surface area (Å²) in [5.74, 6) is 0.776. The normalized spacial score (nSPS) is 12.5. The summed E-state index contributed by atoms with van der Waals surface area (Å²) in [6, 6.07) is 14.5. The first-order chi connectivity index (χ1) is 13.5. The van der Waals surface area contributed by atoms with Crippen molar-refractivity contribution in [3.05, 3.63) is 76.8 Å². The van der Waals surface area contributed by atoms with Crippen LogP contribution in [0, 0.1) is 6.92 Å². The first-order valence-corrected chi connectivity index (χ1v) is 10.1. The Morgan fingerprint density at radius 1 is 1.11 bits per heavy atom. The van der Waals surface area contributed by atoms with Crippen LogP contribution in [0.1, 0.15) is 22.9 Å². The van der Waals surface area contributed by atoms with Crippen LogP contribution >= 0.6 is 22.9 Å². The topological polar surface area (TPSA) is 57.7 Å². The van der Waals surface area contributed by atoms with E-state index in [1.807, 2.05) is 31.3 Å². The number of aromatic nitrogens is 4. The Morgan fingerprint density at radius 2 is 1.89 bits per heavy atom. The quantitative estimate of drug-likeness (QED) is 0.491. The summed E-state index contributed by atoms with van der Waals surface area (Å²) in [5.41, 5.74) is 4.50. The number of pyridine rings is 1. The van der Waals surface area contributed by atoms with E-state index in [2.05, 4.69) is 63.4 Å². The number of halogens is 1. The molecule has 0 aliphatic heterocycles. The molecule has 1 N–H and O–H groups in total. The number of rotatable bonds is 5. The van der Waals surface area contributed by atoms with E-state index in [1.54, 1.807) is 17.7 Å². The zero-order valence-electron chi connectivity index (χ0n) is 15.8. The first kappa shape index (κ1) is 18.8. The number of aryl methyl sites for hydroxylation is 1. The molecule has 0 radical (unpaired) electrons. The molecule has 5 nitrogen and oxygen atoms in total. The summed E-state index contributed by atoms with van der Waals surface area (Å²) in [6.07, 6.45) is 3.46. The molecule has 0 aliphatic rings. The third-order valence-corrected chi connectivity index (χ3v) is 6.03. The lowest BCUT2D eigenvalue weighted by Gasteiger charge is -2.25. The standard InChI is InChI=1S/C21H20ClN5S/c1-13-10-15(8-9-23-13)18-11-17(20(28-18)21-24-12-25-26-21)19(27(2)3)14-4-6-16(22)7-5-14/h4-12,19H,1-3H3,(H,24,25,26). The fourth-order valence-electron chi connectivity index (χ4n) is 3.35. The van der Waals surface area contributed by atoms with Gasteiger partial charge in [-0.1, -0.05) is 23.7 Å². The number of benzene rings is 1. The van der Waals surface area contributed by atoms with Gasteiger partial charge in [0.2, 0.25) is 0 Å². The highest BCUT2D eigenvalue weighted by molar-refractivity contribution is 7.19. The average Bonchev–Trinajstić information content (AvgIpc) is 3.33. The van der Waals surface area contributed by atoms with Crippen molar-refractivity contribution in [1.29, 1.82) is 0 Å². The van der Waals surface area contributed by atoms with Gasteiger partial charge in [0.1, 0.15) is 6.33 Å². The Bertz CT molecular complexity index is 1070. The molecule has 0 saturated carbocycles. The summed E-state index contributed by atoms with van der Waals surface area (Å²) < 4.78 is 0. The summed E-state index contributed by atoms with van der Waals surface area (Å²) in [6.45, 7) is 2.01. The predicted molar refractivity (Wildman–Crippen MR) is 115 cm³/mol.